The van der Waals surface area contributed by atoms with Crippen molar-refractivity contribution in [3.05, 3.63) is 46.2 Å². The van der Waals surface area contributed by atoms with Gasteiger partial charge in [-0.1, -0.05) is 37.6 Å². The van der Waals surface area contributed by atoms with Gasteiger partial charge in [0.05, 0.1) is 23.6 Å². The highest BCUT2D eigenvalue weighted by atomic mass is 35.5. The van der Waals surface area contributed by atoms with Gasteiger partial charge >= 0.3 is 0 Å². The van der Waals surface area contributed by atoms with Crippen molar-refractivity contribution >= 4 is 23.2 Å². The Hall–Kier alpha value is -1.81. The summed E-state index contributed by atoms with van der Waals surface area (Å²) in [6.07, 6.45) is 1.69. The molecule has 0 aliphatic carbocycles. The number of nitrogens with zero attached hydrogens (tertiary/aromatic N) is 2. The molecule has 0 spiro atoms. The van der Waals surface area contributed by atoms with E-state index in [1.54, 1.807) is 0 Å². The molecule has 1 aromatic heterocycles. The molecule has 2 aromatic rings. The molecule has 1 heterocycles. The predicted molar refractivity (Wildman–Crippen MR) is 95.0 cm³/mol. The number of nitrogens with one attached hydrogen (secondary N) is 1. The van der Waals surface area contributed by atoms with Gasteiger partial charge in [-0.2, -0.15) is 5.10 Å². The Morgan fingerprint density at radius 2 is 2.00 bits per heavy atom. The van der Waals surface area contributed by atoms with Crippen LogP contribution < -0.4 is 5.32 Å². The van der Waals surface area contributed by atoms with Crippen molar-refractivity contribution < 1.29 is 4.79 Å². The molecular weight excluding hydrogens is 310 g/mol. The lowest BCUT2D eigenvalue weighted by atomic mass is 10.0. The number of amides is 1. The first-order valence-corrected chi connectivity index (χ1v) is 8.43. The van der Waals surface area contributed by atoms with E-state index >= 15 is 0 Å². The Labute approximate surface area is 142 Å². The fourth-order valence-electron chi connectivity index (χ4n) is 2.72. The van der Waals surface area contributed by atoms with Crippen LogP contribution in [0.5, 0.6) is 0 Å². The first-order chi connectivity index (χ1) is 11.0. The highest BCUT2D eigenvalue weighted by molar-refractivity contribution is 6.30. The number of anilines is 1. The van der Waals surface area contributed by atoms with Gasteiger partial charge in [-0.3, -0.25) is 9.48 Å². The average Bonchev–Trinajstić information content (AvgIpc) is 2.76. The van der Waals surface area contributed by atoms with E-state index in [9.17, 15) is 4.79 Å². The van der Waals surface area contributed by atoms with E-state index in [0.29, 0.717) is 11.6 Å². The minimum atomic E-state index is 0.0464. The molecule has 1 N–H and O–H groups in total. The van der Waals surface area contributed by atoms with Crippen LogP contribution in [0, 0.1) is 19.8 Å². The van der Waals surface area contributed by atoms with Gasteiger partial charge in [0.25, 0.3) is 0 Å². The largest absolute Gasteiger partial charge is 0.323 e. The molecule has 0 radical (unpaired) electrons. The second-order valence-electron chi connectivity index (χ2n) is 5.84. The third-order valence-corrected chi connectivity index (χ3v) is 4.44. The highest BCUT2D eigenvalue weighted by Crippen LogP contribution is 2.22. The Bertz CT molecular complexity index is 690. The monoisotopic (exact) mass is 333 g/mol. The summed E-state index contributed by atoms with van der Waals surface area (Å²) in [5.74, 6) is 0.119. The lowest BCUT2D eigenvalue weighted by Gasteiger charge is -2.13. The first-order valence-electron chi connectivity index (χ1n) is 8.05. The van der Waals surface area contributed by atoms with Crippen molar-refractivity contribution in [1.29, 1.82) is 0 Å². The molecule has 1 amide bonds. The van der Waals surface area contributed by atoms with E-state index in [1.807, 2.05) is 56.6 Å². The molecule has 1 aromatic carbocycles. The van der Waals surface area contributed by atoms with E-state index in [0.717, 1.165) is 35.5 Å². The van der Waals surface area contributed by atoms with E-state index < -0.39 is 0 Å². The zero-order valence-corrected chi connectivity index (χ0v) is 14.9. The smallest absolute Gasteiger partial charge is 0.227 e. The van der Waals surface area contributed by atoms with Gasteiger partial charge in [-0.05, 0) is 44.4 Å². The SMILES string of the molecule is CCC(CC)C(=O)Nc1c(C)nn(Cc2cccc(Cl)c2)c1C. The number of benzene rings is 1. The Kier molecular flexibility index (Phi) is 5.83. The van der Waals surface area contributed by atoms with Crippen LogP contribution >= 0.6 is 11.6 Å². The van der Waals surface area contributed by atoms with Crippen LogP contribution in [0.25, 0.3) is 0 Å². The minimum absolute atomic E-state index is 0.0464. The summed E-state index contributed by atoms with van der Waals surface area (Å²) < 4.78 is 1.91. The molecular formula is C18H24ClN3O. The van der Waals surface area contributed by atoms with Crippen LogP contribution in [0.2, 0.25) is 5.02 Å². The number of hydrogen-bond acceptors (Lipinski definition) is 2. The molecule has 23 heavy (non-hydrogen) atoms. The number of rotatable bonds is 6. The number of aromatic nitrogens is 2. The third kappa shape index (κ3) is 4.14. The van der Waals surface area contributed by atoms with Gasteiger partial charge in [0.15, 0.2) is 0 Å². The summed E-state index contributed by atoms with van der Waals surface area (Å²) in [7, 11) is 0. The lowest BCUT2D eigenvalue weighted by molar-refractivity contribution is -0.120. The van der Waals surface area contributed by atoms with Crippen molar-refractivity contribution in [3.8, 4) is 0 Å². The molecule has 0 aliphatic heterocycles. The van der Waals surface area contributed by atoms with E-state index in [1.165, 1.54) is 0 Å². The van der Waals surface area contributed by atoms with Crippen LogP contribution in [0.3, 0.4) is 0 Å². The average molecular weight is 334 g/mol. The lowest BCUT2D eigenvalue weighted by Crippen LogP contribution is -2.22. The second kappa shape index (κ2) is 7.64. The standard InChI is InChI=1S/C18H24ClN3O/c1-5-15(6-2)18(23)20-17-12(3)21-22(13(17)4)11-14-8-7-9-16(19)10-14/h7-10,15H,5-6,11H2,1-4H3,(H,20,23). The van der Waals surface area contributed by atoms with Gasteiger partial charge in [0.2, 0.25) is 5.91 Å². The molecule has 0 saturated carbocycles. The molecule has 0 fully saturated rings. The summed E-state index contributed by atoms with van der Waals surface area (Å²) in [6, 6.07) is 7.73. The number of aryl methyl sites for hydroxylation is 1. The Balaban J connectivity index is 2.20. The topological polar surface area (TPSA) is 46.9 Å². The van der Waals surface area contributed by atoms with Crippen molar-refractivity contribution in [2.24, 2.45) is 5.92 Å². The number of carbonyl (C=O) groups excluding carboxylic acids is 1. The molecule has 124 valence electrons. The highest BCUT2D eigenvalue weighted by Gasteiger charge is 2.19. The summed E-state index contributed by atoms with van der Waals surface area (Å²) in [5.41, 5.74) is 3.70. The summed E-state index contributed by atoms with van der Waals surface area (Å²) in [6.45, 7) is 8.61. The van der Waals surface area contributed by atoms with Crippen LogP contribution in [0.1, 0.15) is 43.6 Å². The molecule has 4 nitrogen and oxygen atoms in total. The molecule has 0 unspecified atom stereocenters. The summed E-state index contributed by atoms with van der Waals surface area (Å²) in [5, 5.41) is 8.32. The van der Waals surface area contributed by atoms with Crippen molar-refractivity contribution in [2.75, 3.05) is 5.32 Å². The van der Waals surface area contributed by atoms with Crippen molar-refractivity contribution in [1.82, 2.24) is 9.78 Å². The number of carbonyl (C=O) groups is 1. The van der Waals surface area contributed by atoms with E-state index in [-0.39, 0.29) is 11.8 Å². The van der Waals surface area contributed by atoms with Gasteiger partial charge in [0, 0.05) is 10.9 Å². The third-order valence-electron chi connectivity index (χ3n) is 4.21. The number of halogens is 1. The fraction of sp³-hybridized carbons (Fsp3) is 0.444. The Morgan fingerprint density at radius 3 is 2.61 bits per heavy atom. The second-order valence-corrected chi connectivity index (χ2v) is 6.27. The van der Waals surface area contributed by atoms with Gasteiger partial charge in [0.1, 0.15) is 0 Å². The Morgan fingerprint density at radius 1 is 1.30 bits per heavy atom. The van der Waals surface area contributed by atoms with Crippen molar-refractivity contribution in [3.63, 3.8) is 0 Å². The quantitative estimate of drug-likeness (QED) is 0.841. The first kappa shape index (κ1) is 17.5. The van der Waals surface area contributed by atoms with Crippen LogP contribution in [-0.4, -0.2) is 15.7 Å². The van der Waals surface area contributed by atoms with Gasteiger partial charge in [-0.15, -0.1) is 0 Å². The fourth-order valence-corrected chi connectivity index (χ4v) is 2.94. The molecule has 5 heteroatoms. The number of hydrogen-bond donors (Lipinski definition) is 1. The zero-order valence-electron chi connectivity index (χ0n) is 14.2. The normalized spacial score (nSPS) is 11.0. The maximum atomic E-state index is 12.3. The van der Waals surface area contributed by atoms with E-state index in [2.05, 4.69) is 10.4 Å². The van der Waals surface area contributed by atoms with Crippen LogP contribution in [0.4, 0.5) is 5.69 Å². The maximum absolute atomic E-state index is 12.3. The summed E-state index contributed by atoms with van der Waals surface area (Å²) in [4.78, 5) is 12.3. The van der Waals surface area contributed by atoms with Crippen molar-refractivity contribution in [2.45, 2.75) is 47.1 Å². The van der Waals surface area contributed by atoms with Gasteiger partial charge in [-0.25, -0.2) is 0 Å². The molecule has 0 atom stereocenters. The minimum Gasteiger partial charge on any atom is -0.323 e. The maximum Gasteiger partial charge on any atom is 0.227 e. The molecule has 0 bridgehead atoms. The molecule has 0 aliphatic rings. The molecule has 2 rings (SSSR count). The van der Waals surface area contributed by atoms with Crippen LogP contribution in [0.15, 0.2) is 24.3 Å². The molecule has 0 saturated heterocycles. The van der Waals surface area contributed by atoms with Crippen LogP contribution in [-0.2, 0) is 11.3 Å². The predicted octanol–water partition coefficient (Wildman–Crippen LogP) is 4.58. The zero-order chi connectivity index (χ0) is 17.0. The summed E-state index contributed by atoms with van der Waals surface area (Å²) >= 11 is 6.04. The van der Waals surface area contributed by atoms with Gasteiger partial charge < -0.3 is 5.32 Å². The van der Waals surface area contributed by atoms with E-state index in [4.69, 9.17) is 11.6 Å².